The molecule has 0 aliphatic carbocycles. The highest BCUT2D eigenvalue weighted by Gasteiger charge is 2.45. The Balaban J connectivity index is 2.35. The second-order valence-electron chi connectivity index (χ2n) is 12.8. The number of likely N-dealkylation sites (tertiary alicyclic amines) is 1. The van der Waals surface area contributed by atoms with E-state index in [4.69, 9.17) is 4.43 Å². The molecule has 0 aromatic heterocycles. The molecule has 1 fully saturated rings. The Hall–Kier alpha value is -2.87. The first-order valence-electron chi connectivity index (χ1n) is 13.3. The Bertz CT molecular complexity index is 1100. The van der Waals surface area contributed by atoms with E-state index in [1.807, 2.05) is 24.3 Å². The lowest BCUT2D eigenvalue weighted by atomic mass is 9.85. The lowest BCUT2D eigenvalue weighted by molar-refractivity contribution is -0.142. The van der Waals surface area contributed by atoms with Gasteiger partial charge in [-0.15, -0.1) is 5.92 Å². The van der Waals surface area contributed by atoms with Crippen LogP contribution in [-0.2, 0) is 14.0 Å². The average molecular weight is 560 g/mol. The number of amides is 3. The molecule has 2 rings (SSSR count). The zero-order valence-corrected chi connectivity index (χ0v) is 25.7. The Morgan fingerprint density at radius 1 is 1.10 bits per heavy atom. The molecule has 0 bridgehead atoms. The van der Waals surface area contributed by atoms with Gasteiger partial charge in [-0.2, -0.15) is 0 Å². The predicted octanol–water partition coefficient (Wildman–Crippen LogP) is 3.88. The summed E-state index contributed by atoms with van der Waals surface area (Å²) in [6, 6.07) is 5.04. The molecule has 1 saturated heterocycles. The van der Waals surface area contributed by atoms with Gasteiger partial charge in [-0.25, -0.2) is 4.79 Å². The molecule has 0 unspecified atom stereocenters. The number of carbonyl (C=O) groups is 3. The number of hydrogen-bond donors (Lipinski definition) is 4. The molecule has 4 N–H and O–H groups in total. The molecule has 1 aromatic rings. The standard InChI is InChI=1S/C29H45N3O6Si/c1-10-11-19-12-14-20(15-13-19)22(18-38-39(8,9)29(5,6)7)30-25(34)23-16-21(33)17-32(23)26(35)24(28(2,3)4)31-27(36)37/h12-15,21-24,31,33H,16-18H2,1-9H3,(H,30,34)(H,36,37)/t21-,22+,23+,24-/m1/s1. The second kappa shape index (κ2) is 12.5. The van der Waals surface area contributed by atoms with E-state index in [0.29, 0.717) is 0 Å². The molecule has 4 atom stereocenters. The summed E-state index contributed by atoms with van der Waals surface area (Å²) >= 11 is 0. The summed E-state index contributed by atoms with van der Waals surface area (Å²) in [5, 5.41) is 25.1. The maximum atomic E-state index is 13.7. The maximum absolute atomic E-state index is 13.7. The van der Waals surface area contributed by atoms with E-state index in [0.717, 1.165) is 11.1 Å². The van der Waals surface area contributed by atoms with Crippen molar-refractivity contribution in [3.8, 4) is 11.8 Å². The lowest BCUT2D eigenvalue weighted by Crippen LogP contribution is -2.57. The number of benzene rings is 1. The van der Waals surface area contributed by atoms with Crippen LogP contribution in [0, 0.1) is 17.3 Å². The number of rotatable bonds is 8. The number of carbonyl (C=O) groups excluding carboxylic acids is 2. The third-order valence-electron chi connectivity index (χ3n) is 7.56. The van der Waals surface area contributed by atoms with Gasteiger partial charge in [-0.05, 0) is 48.2 Å². The van der Waals surface area contributed by atoms with Gasteiger partial charge in [0.25, 0.3) is 0 Å². The van der Waals surface area contributed by atoms with Gasteiger partial charge in [0, 0.05) is 18.5 Å². The first kappa shape index (κ1) is 32.3. The Labute approximate surface area is 233 Å². The fourth-order valence-corrected chi connectivity index (χ4v) is 5.20. The minimum atomic E-state index is -2.14. The molecule has 1 aromatic carbocycles. The SMILES string of the molecule is CC#Cc1ccc([C@H](CO[Si](C)(C)C(C)(C)C)NC(=O)[C@@H]2C[C@@H](O)CN2C(=O)[C@@H](NC(=O)O)C(C)(C)C)cc1. The van der Waals surface area contributed by atoms with Gasteiger partial charge < -0.3 is 30.2 Å². The Morgan fingerprint density at radius 3 is 2.18 bits per heavy atom. The van der Waals surface area contributed by atoms with Gasteiger partial charge in [0.2, 0.25) is 11.8 Å². The fraction of sp³-hybridized carbons (Fsp3) is 0.621. The number of nitrogens with one attached hydrogen (secondary N) is 2. The normalized spacial score (nSPS) is 19.5. The molecule has 9 nitrogen and oxygen atoms in total. The molecule has 1 aliphatic heterocycles. The molecule has 216 valence electrons. The van der Waals surface area contributed by atoms with E-state index in [-0.39, 0.29) is 24.6 Å². The number of hydrogen-bond acceptors (Lipinski definition) is 5. The fourth-order valence-electron chi connectivity index (χ4n) is 4.18. The van der Waals surface area contributed by atoms with E-state index in [1.54, 1.807) is 27.7 Å². The summed E-state index contributed by atoms with van der Waals surface area (Å²) in [7, 11) is -2.14. The third-order valence-corrected chi connectivity index (χ3v) is 12.1. The van der Waals surface area contributed by atoms with Gasteiger partial charge >= 0.3 is 6.09 Å². The van der Waals surface area contributed by atoms with Gasteiger partial charge in [-0.3, -0.25) is 9.59 Å². The highest BCUT2D eigenvalue weighted by Crippen LogP contribution is 2.37. The quantitative estimate of drug-likeness (QED) is 0.283. The highest BCUT2D eigenvalue weighted by molar-refractivity contribution is 6.74. The van der Waals surface area contributed by atoms with Crippen LogP contribution >= 0.6 is 0 Å². The van der Waals surface area contributed by atoms with Gasteiger partial charge in [0.1, 0.15) is 12.1 Å². The van der Waals surface area contributed by atoms with Crippen molar-refractivity contribution in [3.63, 3.8) is 0 Å². The van der Waals surface area contributed by atoms with Crippen molar-refractivity contribution >= 4 is 26.2 Å². The number of carboxylic acid groups (broad SMARTS) is 1. The van der Waals surface area contributed by atoms with Gasteiger partial charge in [0.15, 0.2) is 8.32 Å². The summed E-state index contributed by atoms with van der Waals surface area (Å²) in [5.74, 6) is 4.92. The summed E-state index contributed by atoms with van der Waals surface area (Å²) in [6.07, 6.45) is -2.17. The summed E-state index contributed by atoms with van der Waals surface area (Å²) in [5.41, 5.74) is 0.943. The molecule has 1 heterocycles. The van der Waals surface area contributed by atoms with E-state index in [9.17, 15) is 24.6 Å². The monoisotopic (exact) mass is 559 g/mol. The van der Waals surface area contributed by atoms with Crippen LogP contribution in [0.4, 0.5) is 4.79 Å². The average Bonchev–Trinajstić information content (AvgIpc) is 3.21. The molecular formula is C29H45N3O6Si. The molecule has 0 saturated carbocycles. The third kappa shape index (κ3) is 8.55. The Kier molecular flexibility index (Phi) is 10.4. The summed E-state index contributed by atoms with van der Waals surface area (Å²) in [6.45, 7) is 17.9. The Morgan fingerprint density at radius 2 is 1.69 bits per heavy atom. The van der Waals surface area contributed by atoms with Crippen LogP contribution in [0.15, 0.2) is 24.3 Å². The van der Waals surface area contributed by atoms with Crippen molar-refractivity contribution in [1.29, 1.82) is 0 Å². The van der Waals surface area contributed by atoms with E-state index < -0.39 is 55.9 Å². The van der Waals surface area contributed by atoms with Crippen molar-refractivity contribution in [3.05, 3.63) is 35.4 Å². The zero-order valence-electron chi connectivity index (χ0n) is 24.7. The van der Waals surface area contributed by atoms with Crippen molar-refractivity contribution in [2.45, 2.75) is 97.2 Å². The summed E-state index contributed by atoms with van der Waals surface area (Å²) in [4.78, 5) is 39.8. The van der Waals surface area contributed by atoms with Gasteiger partial charge in [-0.1, -0.05) is 59.6 Å². The van der Waals surface area contributed by atoms with Gasteiger partial charge in [0.05, 0.1) is 18.8 Å². The number of aliphatic hydroxyl groups is 1. The minimum absolute atomic E-state index is 0.0278. The largest absolute Gasteiger partial charge is 0.465 e. The molecule has 39 heavy (non-hydrogen) atoms. The number of aliphatic hydroxyl groups excluding tert-OH is 1. The van der Waals surface area contributed by atoms with Crippen molar-refractivity contribution in [1.82, 2.24) is 15.5 Å². The topological polar surface area (TPSA) is 128 Å². The maximum Gasteiger partial charge on any atom is 0.405 e. The highest BCUT2D eigenvalue weighted by atomic mass is 28.4. The molecule has 0 spiro atoms. The van der Waals surface area contributed by atoms with E-state index >= 15 is 0 Å². The molecule has 3 amide bonds. The first-order chi connectivity index (χ1) is 17.9. The zero-order chi connectivity index (χ0) is 29.8. The lowest BCUT2D eigenvalue weighted by Gasteiger charge is -2.38. The predicted molar refractivity (Wildman–Crippen MR) is 154 cm³/mol. The smallest absolute Gasteiger partial charge is 0.405 e. The van der Waals surface area contributed by atoms with Crippen molar-refractivity contribution in [2.24, 2.45) is 5.41 Å². The molecular weight excluding hydrogens is 514 g/mol. The van der Waals surface area contributed by atoms with Crippen LogP contribution in [0.25, 0.3) is 0 Å². The van der Waals surface area contributed by atoms with Crippen LogP contribution < -0.4 is 10.6 Å². The van der Waals surface area contributed by atoms with E-state index in [1.165, 1.54) is 4.90 Å². The van der Waals surface area contributed by atoms with Crippen LogP contribution in [0.5, 0.6) is 0 Å². The first-order valence-corrected chi connectivity index (χ1v) is 16.2. The number of β-amino-alcohol motifs (C(OH)–C–C–N with tert-alkyl or cyclic N) is 1. The minimum Gasteiger partial charge on any atom is -0.465 e. The van der Waals surface area contributed by atoms with E-state index in [2.05, 4.69) is 56.3 Å². The summed E-state index contributed by atoms with van der Waals surface area (Å²) < 4.78 is 6.46. The van der Waals surface area contributed by atoms with Crippen LogP contribution in [0.3, 0.4) is 0 Å². The van der Waals surface area contributed by atoms with Crippen molar-refractivity contribution in [2.75, 3.05) is 13.2 Å². The molecule has 1 aliphatic rings. The second-order valence-corrected chi connectivity index (χ2v) is 17.6. The van der Waals surface area contributed by atoms with Crippen LogP contribution in [0.2, 0.25) is 18.1 Å². The van der Waals surface area contributed by atoms with Crippen LogP contribution in [-0.4, -0.2) is 72.7 Å². The molecule has 10 heteroatoms. The number of nitrogens with zero attached hydrogens (tertiary/aromatic N) is 1. The van der Waals surface area contributed by atoms with Crippen LogP contribution in [0.1, 0.15) is 72.1 Å². The van der Waals surface area contributed by atoms with Crippen molar-refractivity contribution < 1.29 is 29.0 Å². The molecule has 0 radical (unpaired) electrons.